The van der Waals surface area contributed by atoms with Gasteiger partial charge in [-0.2, -0.15) is 0 Å². The lowest BCUT2D eigenvalue weighted by atomic mass is 10.0. The molecule has 2 rings (SSSR count). The van der Waals surface area contributed by atoms with Crippen molar-refractivity contribution in [2.75, 3.05) is 6.54 Å². The number of amides is 2. The number of imidazole rings is 1. The van der Waals surface area contributed by atoms with Crippen molar-refractivity contribution >= 4 is 6.03 Å². The number of urea groups is 1. The monoisotopic (exact) mass is 334 g/mol. The Bertz CT molecular complexity index is 659. The van der Waals surface area contributed by atoms with Crippen LogP contribution in [-0.4, -0.2) is 33.3 Å². The topological polar surface area (TPSA) is 79.2 Å². The van der Waals surface area contributed by atoms with Crippen molar-refractivity contribution in [1.82, 2.24) is 20.2 Å². The van der Waals surface area contributed by atoms with E-state index < -0.39 is 6.10 Å². The Kier molecular flexibility index (Phi) is 6.31. The quantitative estimate of drug-likeness (QED) is 0.726. The van der Waals surface area contributed by atoms with Gasteiger partial charge in [0.15, 0.2) is 0 Å². The van der Waals surface area contributed by atoms with Gasteiger partial charge in [0.2, 0.25) is 0 Å². The molecule has 0 radical (unpaired) electrons. The van der Waals surface area contributed by atoms with E-state index in [2.05, 4.69) is 15.6 Å². The van der Waals surface area contributed by atoms with E-state index in [4.69, 9.17) is 0 Å². The van der Waals surface area contributed by atoms with Gasteiger partial charge < -0.3 is 20.3 Å². The normalized spacial score (nSPS) is 12.2. The maximum absolute atomic E-state index is 14.1. The Balaban J connectivity index is 1.80. The maximum Gasteiger partial charge on any atom is 0.315 e. The number of aliphatic hydroxyl groups excluding tert-OH is 1. The van der Waals surface area contributed by atoms with Crippen molar-refractivity contribution in [3.05, 3.63) is 48.3 Å². The summed E-state index contributed by atoms with van der Waals surface area (Å²) in [7, 11) is 0. The van der Waals surface area contributed by atoms with Crippen molar-refractivity contribution in [1.29, 1.82) is 0 Å². The molecule has 0 spiro atoms. The molecule has 0 aliphatic heterocycles. The molecule has 7 heteroatoms. The van der Waals surface area contributed by atoms with Gasteiger partial charge in [0.05, 0.1) is 18.1 Å². The first-order chi connectivity index (χ1) is 11.5. The summed E-state index contributed by atoms with van der Waals surface area (Å²) in [6, 6.07) is 4.44. The molecule has 2 amide bonds. The van der Waals surface area contributed by atoms with E-state index in [0.29, 0.717) is 24.2 Å². The van der Waals surface area contributed by atoms with Crippen LogP contribution in [0.15, 0.2) is 36.9 Å². The van der Waals surface area contributed by atoms with Gasteiger partial charge in [0.1, 0.15) is 5.82 Å². The summed E-state index contributed by atoms with van der Waals surface area (Å²) in [5.74, 6) is -0.223. The van der Waals surface area contributed by atoms with Crippen LogP contribution >= 0.6 is 0 Å². The summed E-state index contributed by atoms with van der Waals surface area (Å²) in [5.41, 5.74) is 1.07. The second-order valence-electron chi connectivity index (χ2n) is 5.97. The molecule has 1 aromatic carbocycles. The van der Waals surface area contributed by atoms with E-state index in [0.717, 1.165) is 0 Å². The van der Waals surface area contributed by atoms with Crippen LogP contribution in [0, 0.1) is 11.7 Å². The zero-order valence-electron chi connectivity index (χ0n) is 13.9. The lowest BCUT2D eigenvalue weighted by Gasteiger charge is -2.14. The third-order valence-corrected chi connectivity index (χ3v) is 3.74. The molecule has 1 aromatic heterocycles. The number of nitrogens with one attached hydrogen (secondary N) is 2. The van der Waals surface area contributed by atoms with Crippen LogP contribution in [0.3, 0.4) is 0 Å². The standard InChI is InChI=1S/C17H23FN4O2/c1-12(2)16(23)5-6-20-17(24)21-10-13-3-4-15(14(18)9-13)22-8-7-19-11-22/h3-4,7-9,11-12,16,23H,5-6,10H2,1-2H3,(H2,20,21,24). The molecule has 0 saturated heterocycles. The summed E-state index contributed by atoms with van der Waals surface area (Å²) in [5, 5.41) is 15.0. The molecule has 0 bridgehead atoms. The Hall–Kier alpha value is -2.41. The van der Waals surface area contributed by atoms with Crippen LogP contribution < -0.4 is 10.6 Å². The van der Waals surface area contributed by atoms with E-state index >= 15 is 0 Å². The molecule has 1 heterocycles. The van der Waals surface area contributed by atoms with Crippen LogP contribution in [-0.2, 0) is 6.54 Å². The Morgan fingerprint density at radius 3 is 2.79 bits per heavy atom. The Morgan fingerprint density at radius 2 is 2.17 bits per heavy atom. The maximum atomic E-state index is 14.1. The SMILES string of the molecule is CC(C)C(O)CCNC(=O)NCc1ccc(-n2ccnc2)c(F)c1. The fourth-order valence-electron chi connectivity index (χ4n) is 2.18. The number of hydrogen-bond acceptors (Lipinski definition) is 3. The number of aromatic nitrogens is 2. The number of rotatable bonds is 7. The van der Waals surface area contributed by atoms with Crippen molar-refractivity contribution in [2.45, 2.75) is 32.9 Å². The van der Waals surface area contributed by atoms with Crippen LogP contribution in [0.1, 0.15) is 25.8 Å². The summed E-state index contributed by atoms with van der Waals surface area (Å²) >= 11 is 0. The third kappa shape index (κ3) is 5.06. The van der Waals surface area contributed by atoms with Crippen molar-refractivity contribution < 1.29 is 14.3 Å². The molecule has 2 aromatic rings. The second kappa shape index (κ2) is 8.44. The number of carbonyl (C=O) groups excluding carboxylic acids is 1. The van der Waals surface area contributed by atoms with Crippen LogP contribution in [0.25, 0.3) is 5.69 Å². The number of nitrogens with zero attached hydrogens (tertiary/aromatic N) is 2. The number of hydrogen-bond donors (Lipinski definition) is 3. The summed E-state index contributed by atoms with van der Waals surface area (Å²) in [6.45, 7) is 4.46. The van der Waals surface area contributed by atoms with Crippen molar-refractivity contribution in [2.24, 2.45) is 5.92 Å². The molecule has 0 saturated carbocycles. The highest BCUT2D eigenvalue weighted by Gasteiger charge is 2.10. The van der Waals surface area contributed by atoms with Gasteiger partial charge >= 0.3 is 6.03 Å². The lowest BCUT2D eigenvalue weighted by molar-refractivity contribution is 0.116. The minimum Gasteiger partial charge on any atom is -0.393 e. The molecular weight excluding hydrogens is 311 g/mol. The van der Waals surface area contributed by atoms with Crippen LogP contribution in [0.2, 0.25) is 0 Å². The van der Waals surface area contributed by atoms with E-state index in [-0.39, 0.29) is 24.3 Å². The first kappa shape index (κ1) is 17.9. The molecular formula is C17H23FN4O2. The number of benzene rings is 1. The Labute approximate surface area is 140 Å². The zero-order valence-corrected chi connectivity index (χ0v) is 13.9. The minimum absolute atomic E-state index is 0.159. The number of carbonyl (C=O) groups is 1. The molecule has 6 nitrogen and oxygen atoms in total. The molecule has 1 unspecified atom stereocenters. The Morgan fingerprint density at radius 1 is 1.38 bits per heavy atom. The fraction of sp³-hybridized carbons (Fsp3) is 0.412. The van der Waals surface area contributed by atoms with E-state index in [1.54, 1.807) is 29.1 Å². The van der Waals surface area contributed by atoms with Gasteiger partial charge in [-0.05, 0) is 30.0 Å². The average Bonchev–Trinajstić information content (AvgIpc) is 3.07. The third-order valence-electron chi connectivity index (χ3n) is 3.74. The van der Waals surface area contributed by atoms with Crippen LogP contribution in [0.4, 0.5) is 9.18 Å². The molecule has 0 fully saturated rings. The second-order valence-corrected chi connectivity index (χ2v) is 5.97. The van der Waals surface area contributed by atoms with Gasteiger partial charge in [0, 0.05) is 25.5 Å². The highest BCUT2D eigenvalue weighted by atomic mass is 19.1. The van der Waals surface area contributed by atoms with Crippen LogP contribution in [0.5, 0.6) is 0 Å². The van der Waals surface area contributed by atoms with Crippen molar-refractivity contribution in [3.63, 3.8) is 0 Å². The molecule has 0 aliphatic carbocycles. The first-order valence-corrected chi connectivity index (χ1v) is 7.94. The van der Waals surface area contributed by atoms with Gasteiger partial charge in [-0.25, -0.2) is 14.2 Å². The van der Waals surface area contributed by atoms with E-state index in [1.165, 1.54) is 12.4 Å². The number of aliphatic hydroxyl groups is 1. The van der Waals surface area contributed by atoms with Gasteiger partial charge in [0.25, 0.3) is 0 Å². The first-order valence-electron chi connectivity index (χ1n) is 7.94. The van der Waals surface area contributed by atoms with E-state index in [9.17, 15) is 14.3 Å². The predicted molar refractivity (Wildman–Crippen MR) is 89.2 cm³/mol. The smallest absolute Gasteiger partial charge is 0.315 e. The van der Waals surface area contributed by atoms with Gasteiger partial charge in [-0.15, -0.1) is 0 Å². The van der Waals surface area contributed by atoms with Crippen molar-refractivity contribution in [3.8, 4) is 5.69 Å². The molecule has 1 atom stereocenters. The highest BCUT2D eigenvalue weighted by Crippen LogP contribution is 2.14. The number of halogens is 1. The molecule has 130 valence electrons. The zero-order chi connectivity index (χ0) is 17.5. The predicted octanol–water partition coefficient (Wildman–Crippen LogP) is 2.22. The molecule has 3 N–H and O–H groups in total. The average molecular weight is 334 g/mol. The molecule has 0 aliphatic rings. The minimum atomic E-state index is -0.435. The summed E-state index contributed by atoms with van der Waals surface area (Å²) in [4.78, 5) is 15.6. The highest BCUT2D eigenvalue weighted by molar-refractivity contribution is 5.73. The summed E-state index contributed by atoms with van der Waals surface area (Å²) < 4.78 is 15.7. The largest absolute Gasteiger partial charge is 0.393 e. The van der Waals surface area contributed by atoms with Gasteiger partial charge in [-0.3, -0.25) is 0 Å². The fourth-order valence-corrected chi connectivity index (χ4v) is 2.18. The lowest BCUT2D eigenvalue weighted by Crippen LogP contribution is -2.37. The summed E-state index contributed by atoms with van der Waals surface area (Å²) in [6.07, 6.45) is 4.83. The van der Waals surface area contributed by atoms with Gasteiger partial charge in [-0.1, -0.05) is 19.9 Å². The van der Waals surface area contributed by atoms with E-state index in [1.807, 2.05) is 13.8 Å². The molecule has 24 heavy (non-hydrogen) atoms.